The summed E-state index contributed by atoms with van der Waals surface area (Å²) in [7, 11) is 2.65. The van der Waals surface area contributed by atoms with Gasteiger partial charge in [-0.3, -0.25) is 0 Å². The minimum absolute atomic E-state index is 0. The van der Waals surface area contributed by atoms with Crippen molar-refractivity contribution in [3.63, 3.8) is 0 Å². The molecule has 0 aromatic rings. The van der Waals surface area contributed by atoms with Crippen LogP contribution in [0.4, 0.5) is 0 Å². The average Bonchev–Trinajstić information content (AvgIpc) is 3.10. The predicted octanol–water partition coefficient (Wildman–Crippen LogP) is 3.88. The number of hydrogen-bond acceptors (Lipinski definition) is 0. The van der Waals surface area contributed by atoms with Gasteiger partial charge in [0.15, 0.2) is 0 Å². The first-order valence-corrected chi connectivity index (χ1v) is 8.17. The van der Waals surface area contributed by atoms with Crippen molar-refractivity contribution in [3.05, 3.63) is 0 Å². The minimum Gasteiger partial charge on any atom is -1.00 e. The Bertz CT molecular complexity index is 207. The first-order valence-electron chi connectivity index (χ1n) is 8.17. The third-order valence-electron chi connectivity index (χ3n) is 6.33. The SMILES string of the molecule is C[N+](C1CCCC1)(C1CCCC1)C1CCCC1.[B-]. The van der Waals surface area contributed by atoms with Crippen LogP contribution >= 0.6 is 0 Å². The molecule has 0 bridgehead atoms. The topological polar surface area (TPSA) is 0 Å². The molecule has 3 aliphatic rings. The number of rotatable bonds is 3. The summed E-state index contributed by atoms with van der Waals surface area (Å²) < 4.78 is 1.50. The van der Waals surface area contributed by atoms with Crippen LogP contribution in [0.15, 0.2) is 0 Å². The van der Waals surface area contributed by atoms with Crippen molar-refractivity contribution in [3.8, 4) is 0 Å². The Morgan fingerprint density at radius 1 is 0.556 bits per heavy atom. The standard InChI is InChI=1S/C16H30N.B/c1-17(14-8-2-3-9-14,15-10-4-5-11-15)16-12-6-7-13-16;/h14-16H,2-13H2,1H3;/q+1;-1. The molecule has 1 nitrogen and oxygen atoms in total. The number of nitrogens with zero attached hydrogens (tertiary/aromatic N) is 1. The molecule has 3 aliphatic carbocycles. The largest absolute Gasteiger partial charge is 1.00 e. The summed E-state index contributed by atoms with van der Waals surface area (Å²) in [6, 6.07) is 3.09. The lowest BCUT2D eigenvalue weighted by Gasteiger charge is -2.49. The summed E-state index contributed by atoms with van der Waals surface area (Å²) in [4.78, 5) is 0. The lowest BCUT2D eigenvalue weighted by Crippen LogP contribution is -2.62. The maximum atomic E-state index is 2.65. The van der Waals surface area contributed by atoms with E-state index in [1.807, 2.05) is 0 Å². The molecule has 0 amide bonds. The smallest absolute Gasteiger partial charge is 0.0892 e. The monoisotopic (exact) mass is 247 g/mol. The Hall–Kier alpha value is 0.0249. The third kappa shape index (κ3) is 2.38. The highest BCUT2D eigenvalue weighted by Crippen LogP contribution is 2.42. The second-order valence-electron chi connectivity index (χ2n) is 7.04. The Morgan fingerprint density at radius 3 is 1.00 bits per heavy atom. The molecule has 2 heteroatoms. The molecular weight excluding hydrogens is 217 g/mol. The molecule has 0 spiro atoms. The van der Waals surface area contributed by atoms with Crippen molar-refractivity contribution in [1.29, 1.82) is 0 Å². The van der Waals surface area contributed by atoms with Crippen molar-refractivity contribution in [2.75, 3.05) is 7.05 Å². The first kappa shape index (κ1) is 14.4. The molecule has 18 heavy (non-hydrogen) atoms. The zero-order valence-electron chi connectivity index (χ0n) is 12.2. The van der Waals surface area contributed by atoms with E-state index in [-0.39, 0.29) is 8.41 Å². The molecular formula is C16H30BN. The normalized spacial score (nSPS) is 27.8. The molecule has 0 aromatic heterocycles. The van der Waals surface area contributed by atoms with E-state index in [2.05, 4.69) is 7.05 Å². The van der Waals surface area contributed by atoms with E-state index in [0.717, 1.165) is 18.1 Å². The van der Waals surface area contributed by atoms with Gasteiger partial charge in [0, 0.05) is 0 Å². The number of hydrogen-bond donors (Lipinski definition) is 0. The van der Waals surface area contributed by atoms with Crippen molar-refractivity contribution in [2.45, 2.75) is 95.2 Å². The van der Waals surface area contributed by atoms with E-state index in [0.29, 0.717) is 0 Å². The molecule has 4 radical (unpaired) electrons. The molecule has 0 atom stereocenters. The molecule has 0 N–H and O–H groups in total. The summed E-state index contributed by atoms with van der Waals surface area (Å²) in [6.45, 7) is 0. The van der Waals surface area contributed by atoms with Gasteiger partial charge < -0.3 is 12.9 Å². The summed E-state index contributed by atoms with van der Waals surface area (Å²) in [5.41, 5.74) is 0. The summed E-state index contributed by atoms with van der Waals surface area (Å²) >= 11 is 0. The fraction of sp³-hybridized carbons (Fsp3) is 1.00. The molecule has 0 heterocycles. The molecule has 3 saturated carbocycles. The predicted molar refractivity (Wildman–Crippen MR) is 78.7 cm³/mol. The quantitative estimate of drug-likeness (QED) is 0.524. The van der Waals surface area contributed by atoms with E-state index in [9.17, 15) is 0 Å². The van der Waals surface area contributed by atoms with E-state index in [1.54, 1.807) is 0 Å². The molecule has 0 saturated heterocycles. The molecule has 3 rings (SSSR count). The second kappa shape index (κ2) is 5.99. The van der Waals surface area contributed by atoms with Gasteiger partial charge in [-0.2, -0.15) is 0 Å². The maximum absolute atomic E-state index is 2.65. The minimum atomic E-state index is 0. The average molecular weight is 247 g/mol. The van der Waals surface area contributed by atoms with Gasteiger partial charge in [0.05, 0.1) is 25.2 Å². The summed E-state index contributed by atoms with van der Waals surface area (Å²) in [6.07, 6.45) is 18.3. The second-order valence-corrected chi connectivity index (χ2v) is 7.04. The van der Waals surface area contributed by atoms with Crippen LogP contribution in [-0.2, 0) is 0 Å². The van der Waals surface area contributed by atoms with E-state index < -0.39 is 0 Å². The van der Waals surface area contributed by atoms with Gasteiger partial charge in [0.1, 0.15) is 0 Å². The van der Waals surface area contributed by atoms with Crippen molar-refractivity contribution >= 4 is 8.41 Å². The molecule has 0 aromatic carbocycles. The van der Waals surface area contributed by atoms with E-state index in [4.69, 9.17) is 0 Å². The van der Waals surface area contributed by atoms with Crippen LogP contribution in [0, 0.1) is 0 Å². The van der Waals surface area contributed by atoms with Crippen LogP contribution < -0.4 is 0 Å². The van der Waals surface area contributed by atoms with Gasteiger partial charge in [-0.25, -0.2) is 0 Å². The lowest BCUT2D eigenvalue weighted by atomic mass is 9.98. The van der Waals surface area contributed by atoms with Gasteiger partial charge in [-0.15, -0.1) is 0 Å². The van der Waals surface area contributed by atoms with Crippen molar-refractivity contribution < 1.29 is 4.48 Å². The molecule has 102 valence electrons. The lowest BCUT2D eigenvalue weighted by molar-refractivity contribution is -0.976. The van der Waals surface area contributed by atoms with Crippen LogP contribution in [-0.4, -0.2) is 38.1 Å². The van der Waals surface area contributed by atoms with Gasteiger partial charge in [-0.05, 0) is 77.0 Å². The summed E-state index contributed by atoms with van der Waals surface area (Å²) in [5.74, 6) is 0. The molecule has 0 unspecified atom stereocenters. The zero-order chi connectivity index (χ0) is 11.7. The van der Waals surface area contributed by atoms with Gasteiger partial charge >= 0.3 is 0 Å². The Morgan fingerprint density at radius 2 is 0.778 bits per heavy atom. The van der Waals surface area contributed by atoms with Crippen molar-refractivity contribution in [2.24, 2.45) is 0 Å². The first-order chi connectivity index (χ1) is 8.32. The zero-order valence-corrected chi connectivity index (χ0v) is 12.2. The van der Waals surface area contributed by atoms with Crippen molar-refractivity contribution in [1.82, 2.24) is 0 Å². The van der Waals surface area contributed by atoms with Crippen LogP contribution in [0.2, 0.25) is 0 Å². The fourth-order valence-corrected chi connectivity index (χ4v) is 5.28. The van der Waals surface area contributed by atoms with E-state index >= 15 is 0 Å². The summed E-state index contributed by atoms with van der Waals surface area (Å²) in [5, 5.41) is 0. The Kier molecular flexibility index (Phi) is 4.80. The maximum Gasteiger partial charge on any atom is 0.0892 e. The van der Waals surface area contributed by atoms with Crippen LogP contribution in [0.3, 0.4) is 0 Å². The highest BCUT2D eigenvalue weighted by molar-refractivity contribution is 5.75. The van der Waals surface area contributed by atoms with Gasteiger partial charge in [0.2, 0.25) is 0 Å². The molecule has 0 aliphatic heterocycles. The van der Waals surface area contributed by atoms with Gasteiger partial charge in [0.25, 0.3) is 0 Å². The van der Waals surface area contributed by atoms with Gasteiger partial charge in [-0.1, -0.05) is 0 Å². The third-order valence-corrected chi connectivity index (χ3v) is 6.33. The number of quaternary nitrogens is 1. The fourth-order valence-electron chi connectivity index (χ4n) is 5.28. The molecule has 3 fully saturated rings. The van der Waals surface area contributed by atoms with Crippen LogP contribution in [0.25, 0.3) is 0 Å². The van der Waals surface area contributed by atoms with E-state index in [1.165, 1.54) is 81.5 Å². The highest BCUT2D eigenvalue weighted by atomic mass is 15.4. The van der Waals surface area contributed by atoms with Crippen LogP contribution in [0.1, 0.15) is 77.0 Å². The Labute approximate surface area is 115 Å². The Balaban J connectivity index is 0.00000120. The highest BCUT2D eigenvalue weighted by Gasteiger charge is 2.48. The van der Waals surface area contributed by atoms with Crippen LogP contribution in [0.5, 0.6) is 0 Å².